The molecular weight excluding hydrogens is 334 g/mol. The van der Waals surface area contributed by atoms with Crippen LogP contribution in [0.15, 0.2) is 16.7 Å². The summed E-state index contributed by atoms with van der Waals surface area (Å²) in [4.78, 5) is 8.97. The number of hydrogen-bond donors (Lipinski definition) is 0. The first kappa shape index (κ1) is 14.2. The van der Waals surface area contributed by atoms with Crippen molar-refractivity contribution < 1.29 is 0 Å². The van der Waals surface area contributed by atoms with Crippen LogP contribution in [0.2, 0.25) is 0 Å². The molecule has 98 valence electrons. The van der Waals surface area contributed by atoms with Gasteiger partial charge in [0.2, 0.25) is 0 Å². The van der Waals surface area contributed by atoms with Crippen LogP contribution in [0, 0.1) is 0 Å². The fourth-order valence-corrected chi connectivity index (χ4v) is 2.66. The third kappa shape index (κ3) is 3.00. The van der Waals surface area contributed by atoms with Crippen molar-refractivity contribution in [3.8, 4) is 0 Å². The predicted molar refractivity (Wildman–Crippen MR) is 82.4 cm³/mol. The molecule has 0 aliphatic carbocycles. The van der Waals surface area contributed by atoms with Gasteiger partial charge in [0, 0.05) is 22.5 Å². The van der Waals surface area contributed by atoms with E-state index in [1.807, 2.05) is 17.8 Å². The van der Waals surface area contributed by atoms with Crippen LogP contribution in [0.5, 0.6) is 0 Å². The van der Waals surface area contributed by atoms with Crippen molar-refractivity contribution in [2.24, 2.45) is 0 Å². The molecule has 2 aromatic rings. The third-order valence-electron chi connectivity index (χ3n) is 2.91. The fraction of sp³-hybridized carbons (Fsp3) is 0.500. The summed E-state index contributed by atoms with van der Waals surface area (Å²) in [5.41, 5.74) is 1.82. The van der Waals surface area contributed by atoms with Crippen molar-refractivity contribution in [1.82, 2.24) is 14.5 Å². The van der Waals surface area contributed by atoms with E-state index in [0.717, 1.165) is 34.4 Å². The van der Waals surface area contributed by atoms with Crippen LogP contribution in [0.3, 0.4) is 0 Å². The summed E-state index contributed by atoms with van der Waals surface area (Å²) in [7, 11) is 0. The third-order valence-corrected chi connectivity index (χ3v) is 4.62. The van der Waals surface area contributed by atoms with Crippen LogP contribution >= 0.6 is 39.3 Å². The maximum Gasteiger partial charge on any atom is 0.160 e. The van der Waals surface area contributed by atoms with Crippen LogP contribution < -0.4 is 0 Å². The van der Waals surface area contributed by atoms with E-state index in [0.29, 0.717) is 11.1 Å². The molecule has 0 spiro atoms. The van der Waals surface area contributed by atoms with Crippen LogP contribution in [0.1, 0.15) is 19.2 Å². The molecule has 6 heteroatoms. The highest BCUT2D eigenvalue weighted by Crippen LogP contribution is 2.21. The molecule has 2 heterocycles. The number of nitrogens with zero attached hydrogens (tertiary/aromatic N) is 3. The molecule has 0 saturated carbocycles. The van der Waals surface area contributed by atoms with E-state index in [2.05, 4.69) is 43.6 Å². The van der Waals surface area contributed by atoms with E-state index in [9.17, 15) is 0 Å². The van der Waals surface area contributed by atoms with Crippen LogP contribution in [0.25, 0.3) is 11.2 Å². The van der Waals surface area contributed by atoms with Crippen molar-refractivity contribution in [3.63, 3.8) is 0 Å². The van der Waals surface area contributed by atoms with Crippen molar-refractivity contribution in [2.75, 3.05) is 6.26 Å². The Morgan fingerprint density at radius 2 is 2.33 bits per heavy atom. The molecule has 0 aliphatic rings. The first-order valence-corrected chi connectivity index (χ1v) is 8.36. The van der Waals surface area contributed by atoms with Gasteiger partial charge in [0.15, 0.2) is 5.65 Å². The van der Waals surface area contributed by atoms with E-state index in [-0.39, 0.29) is 0 Å². The number of fused-ring (bicyclic) bond motifs is 1. The zero-order chi connectivity index (χ0) is 13.1. The molecule has 0 fully saturated rings. The van der Waals surface area contributed by atoms with E-state index in [4.69, 9.17) is 11.6 Å². The summed E-state index contributed by atoms with van der Waals surface area (Å²) in [6.45, 7) is 3.14. The van der Waals surface area contributed by atoms with Gasteiger partial charge in [-0.05, 0) is 34.7 Å². The number of hydrogen-bond acceptors (Lipinski definition) is 3. The molecule has 0 bridgehead atoms. The number of aryl methyl sites for hydroxylation is 1. The van der Waals surface area contributed by atoms with Gasteiger partial charge in [0.25, 0.3) is 0 Å². The Hall–Kier alpha value is -0.260. The monoisotopic (exact) mass is 347 g/mol. The number of rotatable bonds is 5. The van der Waals surface area contributed by atoms with Crippen molar-refractivity contribution in [1.29, 1.82) is 0 Å². The first-order chi connectivity index (χ1) is 8.65. The summed E-state index contributed by atoms with van der Waals surface area (Å²) < 4.78 is 3.07. The average Bonchev–Trinajstić information content (AvgIpc) is 2.72. The summed E-state index contributed by atoms with van der Waals surface area (Å²) in [6.07, 6.45) is 5.03. The maximum absolute atomic E-state index is 5.96. The second-order valence-electron chi connectivity index (χ2n) is 4.14. The Kier molecular flexibility index (Phi) is 4.92. The molecule has 18 heavy (non-hydrogen) atoms. The molecule has 1 atom stereocenters. The minimum Gasteiger partial charge on any atom is -0.312 e. The summed E-state index contributed by atoms with van der Waals surface area (Å²) in [5.74, 6) is 1.31. The smallest absolute Gasteiger partial charge is 0.160 e. The lowest BCUT2D eigenvalue weighted by Crippen LogP contribution is -2.08. The zero-order valence-electron chi connectivity index (χ0n) is 10.4. The topological polar surface area (TPSA) is 30.7 Å². The molecule has 1 unspecified atom stereocenters. The van der Waals surface area contributed by atoms with Gasteiger partial charge in [-0.25, -0.2) is 9.97 Å². The Morgan fingerprint density at radius 3 is 3.00 bits per heavy atom. The van der Waals surface area contributed by atoms with Crippen LogP contribution in [-0.2, 0) is 12.4 Å². The highest BCUT2D eigenvalue weighted by Gasteiger charge is 2.12. The van der Waals surface area contributed by atoms with Gasteiger partial charge >= 0.3 is 0 Å². The molecule has 2 aromatic heterocycles. The van der Waals surface area contributed by atoms with E-state index < -0.39 is 0 Å². The number of thioether (sulfide) groups is 1. The number of pyridine rings is 1. The van der Waals surface area contributed by atoms with Crippen LogP contribution in [0.4, 0.5) is 0 Å². The molecule has 0 aliphatic heterocycles. The van der Waals surface area contributed by atoms with Gasteiger partial charge in [0.1, 0.15) is 11.3 Å². The van der Waals surface area contributed by atoms with Gasteiger partial charge in [-0.2, -0.15) is 11.8 Å². The molecular formula is C12H15BrClN3S. The number of halogens is 2. The standard InChI is InChI=1S/C12H15BrClN3S/c1-8(18-2)3-4-17-11(6-14)16-10-5-9(13)7-15-12(10)17/h5,7-8H,3-4,6H2,1-2H3. The Morgan fingerprint density at radius 1 is 1.56 bits per heavy atom. The molecule has 3 nitrogen and oxygen atoms in total. The van der Waals surface area contributed by atoms with Gasteiger partial charge in [0.05, 0.1) is 5.88 Å². The summed E-state index contributed by atoms with van der Waals surface area (Å²) in [5, 5.41) is 0.626. The Balaban J connectivity index is 2.34. The minimum atomic E-state index is 0.418. The minimum absolute atomic E-state index is 0.418. The van der Waals surface area contributed by atoms with Crippen molar-refractivity contribution in [3.05, 3.63) is 22.6 Å². The van der Waals surface area contributed by atoms with Crippen molar-refractivity contribution >= 4 is 50.5 Å². The number of aromatic nitrogens is 3. The molecule has 0 saturated heterocycles. The largest absolute Gasteiger partial charge is 0.312 e. The molecule has 2 rings (SSSR count). The van der Waals surface area contributed by atoms with Crippen molar-refractivity contribution in [2.45, 2.75) is 31.0 Å². The van der Waals surface area contributed by atoms with Gasteiger partial charge in [-0.1, -0.05) is 6.92 Å². The second kappa shape index (κ2) is 6.26. The lowest BCUT2D eigenvalue weighted by atomic mass is 10.3. The first-order valence-electron chi connectivity index (χ1n) is 5.75. The summed E-state index contributed by atoms with van der Waals surface area (Å²) >= 11 is 11.3. The van der Waals surface area contributed by atoms with Crippen LogP contribution in [-0.4, -0.2) is 26.0 Å². The van der Waals surface area contributed by atoms with Gasteiger partial charge in [-0.3, -0.25) is 0 Å². The molecule has 0 radical (unpaired) electrons. The van der Waals surface area contributed by atoms with E-state index >= 15 is 0 Å². The SMILES string of the molecule is CSC(C)CCn1c(CCl)nc2cc(Br)cnc21. The average molecular weight is 349 g/mol. The molecule has 0 N–H and O–H groups in total. The molecule has 0 aromatic carbocycles. The lowest BCUT2D eigenvalue weighted by Gasteiger charge is -2.10. The number of alkyl halides is 1. The van der Waals surface area contributed by atoms with Gasteiger partial charge < -0.3 is 4.57 Å². The second-order valence-corrected chi connectivity index (χ2v) is 6.60. The lowest BCUT2D eigenvalue weighted by molar-refractivity contribution is 0.632. The van der Waals surface area contributed by atoms with E-state index in [1.54, 1.807) is 6.20 Å². The fourth-order valence-electron chi connectivity index (χ4n) is 1.80. The van der Waals surface area contributed by atoms with Gasteiger partial charge in [-0.15, -0.1) is 11.6 Å². The Bertz CT molecular complexity index is 543. The Labute approximate surface area is 124 Å². The highest BCUT2D eigenvalue weighted by molar-refractivity contribution is 9.10. The highest BCUT2D eigenvalue weighted by atomic mass is 79.9. The zero-order valence-corrected chi connectivity index (χ0v) is 13.5. The quantitative estimate of drug-likeness (QED) is 0.763. The maximum atomic E-state index is 5.96. The molecule has 0 amide bonds. The predicted octanol–water partition coefficient (Wildman–Crippen LogP) is 4.07. The summed E-state index contributed by atoms with van der Waals surface area (Å²) in [6, 6.07) is 1.98. The van der Waals surface area contributed by atoms with E-state index in [1.165, 1.54) is 0 Å². The number of imidazole rings is 1. The normalized spacial score (nSPS) is 13.1.